The molecule has 2 saturated carbocycles. The summed E-state index contributed by atoms with van der Waals surface area (Å²) in [5, 5.41) is 0. The van der Waals surface area contributed by atoms with Gasteiger partial charge in [0, 0.05) is 6.04 Å². The summed E-state index contributed by atoms with van der Waals surface area (Å²) in [5.74, 6) is 1.25. The topological polar surface area (TPSA) is 20.3 Å². The number of carbonyl (C=O) groups excluding carboxylic acids is 1. The molecule has 0 aromatic heterocycles. The number of carbonyl (C=O) groups is 1. The predicted octanol–water partition coefficient (Wildman–Crippen LogP) is 4.96. The molecule has 3 rings (SSSR count). The van der Waals surface area contributed by atoms with Crippen molar-refractivity contribution < 1.29 is 4.79 Å². The lowest BCUT2D eigenvalue weighted by molar-refractivity contribution is -0.136. The lowest BCUT2D eigenvalue weighted by Gasteiger charge is -2.55. The van der Waals surface area contributed by atoms with Crippen LogP contribution in [0.3, 0.4) is 0 Å². The second-order valence-electron chi connectivity index (χ2n) is 8.21. The van der Waals surface area contributed by atoms with Crippen molar-refractivity contribution in [3.63, 3.8) is 0 Å². The van der Waals surface area contributed by atoms with Crippen molar-refractivity contribution in [2.45, 2.75) is 102 Å². The fourth-order valence-corrected chi connectivity index (χ4v) is 5.87. The van der Waals surface area contributed by atoms with Crippen LogP contribution in [0.25, 0.3) is 0 Å². The van der Waals surface area contributed by atoms with E-state index in [1.165, 1.54) is 89.8 Å². The average Bonchev–Trinajstić information content (AvgIpc) is 2.59. The van der Waals surface area contributed by atoms with Gasteiger partial charge in [0.1, 0.15) is 6.29 Å². The van der Waals surface area contributed by atoms with Crippen LogP contribution in [0.1, 0.15) is 90.4 Å². The van der Waals surface area contributed by atoms with Crippen LogP contribution < -0.4 is 0 Å². The van der Waals surface area contributed by atoms with E-state index in [-0.39, 0.29) is 5.54 Å². The zero-order valence-corrected chi connectivity index (χ0v) is 14.6. The fourth-order valence-electron chi connectivity index (χ4n) is 5.87. The summed E-state index contributed by atoms with van der Waals surface area (Å²) in [5.41, 5.74) is -0.124. The molecule has 3 fully saturated rings. The maximum Gasteiger partial charge on any atom is 0.140 e. The average molecular weight is 306 g/mol. The van der Waals surface area contributed by atoms with Crippen LogP contribution in [0.4, 0.5) is 0 Å². The molecular formula is C20H35NO. The molecule has 0 N–H and O–H groups in total. The van der Waals surface area contributed by atoms with Crippen LogP contribution in [0, 0.1) is 11.8 Å². The lowest BCUT2D eigenvalue weighted by atomic mass is 9.63. The molecule has 3 aliphatic rings. The molecule has 126 valence electrons. The summed E-state index contributed by atoms with van der Waals surface area (Å²) < 4.78 is 0. The first-order valence-corrected chi connectivity index (χ1v) is 10.0. The zero-order chi connectivity index (χ0) is 15.4. The fraction of sp³-hybridized carbons (Fsp3) is 0.950. The quantitative estimate of drug-likeness (QED) is 0.684. The minimum absolute atomic E-state index is 0.124. The van der Waals surface area contributed by atoms with Crippen LogP contribution in [-0.2, 0) is 4.79 Å². The molecular weight excluding hydrogens is 270 g/mol. The van der Waals surface area contributed by atoms with E-state index < -0.39 is 0 Å². The van der Waals surface area contributed by atoms with Crippen molar-refractivity contribution in [3.8, 4) is 0 Å². The number of likely N-dealkylation sites (tertiary alicyclic amines) is 1. The highest BCUT2D eigenvalue weighted by Crippen LogP contribution is 2.47. The van der Waals surface area contributed by atoms with E-state index in [0.717, 1.165) is 6.54 Å². The summed E-state index contributed by atoms with van der Waals surface area (Å²) in [6.07, 6.45) is 18.7. The summed E-state index contributed by atoms with van der Waals surface area (Å²) in [7, 11) is 0. The number of nitrogens with zero attached hydrogens (tertiary/aromatic N) is 1. The van der Waals surface area contributed by atoms with Crippen molar-refractivity contribution >= 4 is 6.29 Å². The van der Waals surface area contributed by atoms with Crippen LogP contribution in [-0.4, -0.2) is 29.3 Å². The molecule has 1 heterocycles. The van der Waals surface area contributed by atoms with Gasteiger partial charge >= 0.3 is 0 Å². The van der Waals surface area contributed by atoms with Gasteiger partial charge in [0.05, 0.1) is 5.54 Å². The zero-order valence-electron chi connectivity index (χ0n) is 14.6. The molecule has 1 aliphatic heterocycles. The van der Waals surface area contributed by atoms with Crippen molar-refractivity contribution in [2.75, 3.05) is 6.54 Å². The number of hydrogen-bond acceptors (Lipinski definition) is 2. The van der Waals surface area contributed by atoms with Gasteiger partial charge in [-0.3, -0.25) is 4.90 Å². The van der Waals surface area contributed by atoms with Gasteiger partial charge in [-0.2, -0.15) is 0 Å². The van der Waals surface area contributed by atoms with E-state index in [2.05, 4.69) is 11.8 Å². The van der Waals surface area contributed by atoms with Gasteiger partial charge in [-0.15, -0.1) is 0 Å². The summed E-state index contributed by atoms with van der Waals surface area (Å²) in [6, 6.07) is 0.600. The molecule has 22 heavy (non-hydrogen) atoms. The van der Waals surface area contributed by atoms with E-state index in [1.807, 2.05) is 0 Å². The van der Waals surface area contributed by atoms with Gasteiger partial charge in [0.15, 0.2) is 0 Å². The first kappa shape index (κ1) is 16.5. The van der Waals surface area contributed by atoms with Gasteiger partial charge in [-0.25, -0.2) is 0 Å². The third kappa shape index (κ3) is 3.00. The maximum atomic E-state index is 12.6. The molecule has 0 amide bonds. The molecule has 2 aliphatic carbocycles. The highest BCUT2D eigenvalue weighted by atomic mass is 16.1. The molecule has 1 unspecified atom stereocenters. The van der Waals surface area contributed by atoms with Gasteiger partial charge in [0.25, 0.3) is 0 Å². The number of piperidine rings is 1. The monoisotopic (exact) mass is 305 g/mol. The molecule has 1 atom stereocenters. The summed E-state index contributed by atoms with van der Waals surface area (Å²) >= 11 is 0. The van der Waals surface area contributed by atoms with E-state index in [0.29, 0.717) is 17.9 Å². The Labute approximate surface area is 137 Å². The Bertz CT molecular complexity index is 337. The normalized spacial score (nSPS) is 30.3. The number of aldehydes is 1. The third-order valence-electron chi connectivity index (χ3n) is 7.01. The van der Waals surface area contributed by atoms with Crippen LogP contribution in [0.15, 0.2) is 0 Å². The molecule has 0 bridgehead atoms. The Balaban J connectivity index is 1.92. The molecule has 2 nitrogen and oxygen atoms in total. The highest BCUT2D eigenvalue weighted by molar-refractivity contribution is 5.66. The van der Waals surface area contributed by atoms with E-state index in [1.54, 1.807) is 0 Å². The number of hydrogen-bond donors (Lipinski definition) is 0. The van der Waals surface area contributed by atoms with Crippen LogP contribution in [0.2, 0.25) is 0 Å². The standard InChI is InChI=1S/C20H35NO/c1-17-10-8-9-15-21(17)20(16-22,18-11-4-2-5-12-18)19-13-6-3-7-14-19/h16-19H,2-15H2,1H3. The minimum Gasteiger partial charge on any atom is -0.301 e. The Morgan fingerprint density at radius 3 is 1.73 bits per heavy atom. The molecule has 0 aromatic rings. The number of rotatable bonds is 4. The molecule has 0 aromatic carbocycles. The Kier molecular flexibility index (Phi) is 5.60. The second kappa shape index (κ2) is 7.47. The second-order valence-corrected chi connectivity index (χ2v) is 8.21. The van der Waals surface area contributed by atoms with E-state index in [9.17, 15) is 4.79 Å². The molecule has 0 radical (unpaired) electrons. The van der Waals surface area contributed by atoms with Crippen LogP contribution >= 0.6 is 0 Å². The van der Waals surface area contributed by atoms with E-state index in [4.69, 9.17) is 0 Å². The van der Waals surface area contributed by atoms with Gasteiger partial charge in [-0.1, -0.05) is 44.9 Å². The first-order chi connectivity index (χ1) is 10.8. The minimum atomic E-state index is -0.124. The Hall–Kier alpha value is -0.370. The highest BCUT2D eigenvalue weighted by Gasteiger charge is 2.51. The molecule has 2 heteroatoms. The largest absolute Gasteiger partial charge is 0.301 e. The maximum absolute atomic E-state index is 12.6. The first-order valence-electron chi connectivity index (χ1n) is 10.0. The van der Waals surface area contributed by atoms with Crippen molar-refractivity contribution in [2.24, 2.45) is 11.8 Å². The smallest absolute Gasteiger partial charge is 0.140 e. The summed E-state index contributed by atoms with van der Waals surface area (Å²) in [6.45, 7) is 3.54. The SMILES string of the molecule is CC1CCCCN1C(C=O)(C1CCCCC1)C1CCCCC1. The Morgan fingerprint density at radius 2 is 1.27 bits per heavy atom. The van der Waals surface area contributed by atoms with Gasteiger partial charge in [-0.05, 0) is 63.8 Å². The van der Waals surface area contributed by atoms with Crippen molar-refractivity contribution in [1.82, 2.24) is 4.90 Å². The van der Waals surface area contributed by atoms with Crippen molar-refractivity contribution in [3.05, 3.63) is 0 Å². The van der Waals surface area contributed by atoms with E-state index >= 15 is 0 Å². The van der Waals surface area contributed by atoms with Crippen LogP contribution in [0.5, 0.6) is 0 Å². The lowest BCUT2D eigenvalue weighted by Crippen LogP contribution is -2.64. The third-order valence-corrected chi connectivity index (χ3v) is 7.01. The van der Waals surface area contributed by atoms with Gasteiger partial charge < -0.3 is 4.79 Å². The summed E-state index contributed by atoms with van der Waals surface area (Å²) in [4.78, 5) is 15.3. The molecule has 1 saturated heterocycles. The van der Waals surface area contributed by atoms with Crippen molar-refractivity contribution in [1.29, 1.82) is 0 Å². The predicted molar refractivity (Wildman–Crippen MR) is 92.0 cm³/mol. The molecule has 0 spiro atoms. The Morgan fingerprint density at radius 1 is 0.773 bits per heavy atom. The van der Waals surface area contributed by atoms with Gasteiger partial charge in [0.2, 0.25) is 0 Å².